The third kappa shape index (κ3) is 2.42. The fourth-order valence-corrected chi connectivity index (χ4v) is 2.47. The molecule has 0 bridgehead atoms. The number of aliphatic hydroxyl groups excluding tert-OH is 1. The van der Waals surface area contributed by atoms with Gasteiger partial charge in [0.25, 0.3) is 0 Å². The Kier molecular flexibility index (Phi) is 3.56. The summed E-state index contributed by atoms with van der Waals surface area (Å²) in [6.45, 7) is 0. The van der Waals surface area contributed by atoms with E-state index < -0.39 is 12.1 Å². The topological polar surface area (TPSA) is 46.2 Å². The number of hydrogen-bond acceptors (Lipinski definition) is 2. The van der Waals surface area contributed by atoms with Gasteiger partial charge in [0.2, 0.25) is 0 Å². The van der Waals surface area contributed by atoms with E-state index in [4.69, 9.17) is 5.73 Å². The van der Waals surface area contributed by atoms with E-state index in [1.165, 1.54) is 25.0 Å². The van der Waals surface area contributed by atoms with Crippen LogP contribution in [-0.2, 0) is 0 Å². The lowest BCUT2D eigenvalue weighted by Crippen LogP contribution is -2.31. The largest absolute Gasteiger partial charge is 0.391 e. The lowest BCUT2D eigenvalue weighted by molar-refractivity contribution is 0.0845. The van der Waals surface area contributed by atoms with Crippen molar-refractivity contribution in [2.45, 2.75) is 37.8 Å². The van der Waals surface area contributed by atoms with Crippen LogP contribution in [-0.4, -0.2) is 11.2 Å². The van der Waals surface area contributed by atoms with Crippen molar-refractivity contribution < 1.29 is 9.50 Å². The fourth-order valence-electron chi connectivity index (χ4n) is 2.47. The van der Waals surface area contributed by atoms with Gasteiger partial charge in [0.05, 0.1) is 12.1 Å². The summed E-state index contributed by atoms with van der Waals surface area (Å²) < 4.78 is 12.7. The first-order chi connectivity index (χ1) is 7.68. The van der Waals surface area contributed by atoms with Gasteiger partial charge in [-0.3, -0.25) is 0 Å². The maximum atomic E-state index is 12.7. The van der Waals surface area contributed by atoms with E-state index in [1.54, 1.807) is 12.1 Å². The van der Waals surface area contributed by atoms with Crippen molar-refractivity contribution in [1.82, 2.24) is 0 Å². The smallest absolute Gasteiger partial charge is 0.123 e. The van der Waals surface area contributed by atoms with E-state index in [0.717, 1.165) is 18.4 Å². The summed E-state index contributed by atoms with van der Waals surface area (Å²) in [5, 5.41) is 10.1. The molecule has 3 N–H and O–H groups in total. The van der Waals surface area contributed by atoms with E-state index in [2.05, 4.69) is 0 Å². The highest BCUT2D eigenvalue weighted by atomic mass is 19.1. The second kappa shape index (κ2) is 4.93. The van der Waals surface area contributed by atoms with Gasteiger partial charge >= 0.3 is 0 Å². The van der Waals surface area contributed by atoms with Crippen LogP contribution in [0.25, 0.3) is 0 Å². The zero-order valence-electron chi connectivity index (χ0n) is 9.27. The summed E-state index contributed by atoms with van der Waals surface area (Å²) in [5.41, 5.74) is 6.80. The monoisotopic (exact) mass is 223 g/mol. The maximum Gasteiger partial charge on any atom is 0.123 e. The Bertz CT molecular complexity index is 332. The number of nitrogens with two attached hydrogens (primary N) is 1. The van der Waals surface area contributed by atoms with E-state index in [1.807, 2.05) is 0 Å². The third-order valence-electron chi connectivity index (χ3n) is 3.51. The van der Waals surface area contributed by atoms with Gasteiger partial charge in [-0.05, 0) is 36.5 Å². The Balaban J connectivity index is 2.05. The highest BCUT2D eigenvalue weighted by Crippen LogP contribution is 2.32. The van der Waals surface area contributed by atoms with Crippen molar-refractivity contribution in [2.24, 2.45) is 11.7 Å². The fraction of sp³-hybridized carbons (Fsp3) is 0.538. The SMILES string of the molecule is N[C@@H](c1ccc(F)cc1)[C@H](O)C1CCCC1. The molecule has 3 heteroatoms. The molecule has 0 heterocycles. The van der Waals surface area contributed by atoms with Crippen LogP contribution in [0.4, 0.5) is 4.39 Å². The lowest BCUT2D eigenvalue weighted by atomic mass is 9.91. The number of hydrogen-bond donors (Lipinski definition) is 2. The quantitative estimate of drug-likeness (QED) is 0.826. The molecule has 0 aliphatic heterocycles. The number of aliphatic hydroxyl groups is 1. The first kappa shape index (κ1) is 11.6. The molecule has 0 radical (unpaired) electrons. The molecule has 0 spiro atoms. The molecule has 2 nitrogen and oxygen atoms in total. The standard InChI is InChI=1S/C13H18FNO/c14-11-7-5-9(6-8-11)12(15)13(16)10-3-1-2-4-10/h5-8,10,12-13,16H,1-4,15H2/t12-,13+/m0/s1. The van der Waals surface area contributed by atoms with Gasteiger partial charge in [-0.1, -0.05) is 25.0 Å². The van der Waals surface area contributed by atoms with Gasteiger partial charge in [0.1, 0.15) is 5.82 Å². The Morgan fingerprint density at radius 3 is 2.31 bits per heavy atom. The average Bonchev–Trinajstić information content (AvgIpc) is 2.81. The van der Waals surface area contributed by atoms with Crippen LogP contribution in [0.2, 0.25) is 0 Å². The Morgan fingerprint density at radius 1 is 1.19 bits per heavy atom. The van der Waals surface area contributed by atoms with Crippen molar-refractivity contribution in [3.63, 3.8) is 0 Å². The predicted octanol–water partition coefficient (Wildman–Crippen LogP) is 2.38. The average molecular weight is 223 g/mol. The van der Waals surface area contributed by atoms with Crippen LogP contribution >= 0.6 is 0 Å². The maximum absolute atomic E-state index is 12.7. The van der Waals surface area contributed by atoms with Crippen LogP contribution in [0.15, 0.2) is 24.3 Å². The molecular formula is C13H18FNO. The van der Waals surface area contributed by atoms with Crippen LogP contribution in [0.5, 0.6) is 0 Å². The molecule has 16 heavy (non-hydrogen) atoms. The molecule has 0 amide bonds. The molecule has 0 unspecified atom stereocenters. The van der Waals surface area contributed by atoms with Crippen molar-refractivity contribution >= 4 is 0 Å². The first-order valence-electron chi connectivity index (χ1n) is 5.87. The summed E-state index contributed by atoms with van der Waals surface area (Å²) in [6, 6.07) is 5.67. The predicted molar refractivity (Wildman–Crippen MR) is 61.3 cm³/mol. The molecule has 2 atom stereocenters. The minimum atomic E-state index is -0.507. The second-order valence-corrected chi connectivity index (χ2v) is 4.61. The molecule has 0 aromatic heterocycles. The molecule has 2 rings (SSSR count). The number of benzene rings is 1. The molecule has 1 aliphatic rings. The van der Waals surface area contributed by atoms with Gasteiger partial charge in [0, 0.05) is 0 Å². The summed E-state index contributed by atoms with van der Waals surface area (Å²) in [6.07, 6.45) is 3.95. The highest BCUT2D eigenvalue weighted by Gasteiger charge is 2.28. The Labute approximate surface area is 95.3 Å². The first-order valence-corrected chi connectivity index (χ1v) is 5.87. The zero-order valence-corrected chi connectivity index (χ0v) is 9.27. The van der Waals surface area contributed by atoms with Crippen molar-refractivity contribution in [3.05, 3.63) is 35.6 Å². The summed E-state index contributed by atoms with van der Waals surface area (Å²) in [4.78, 5) is 0. The van der Waals surface area contributed by atoms with Gasteiger partial charge in [0.15, 0.2) is 0 Å². The Hall–Kier alpha value is -0.930. The molecular weight excluding hydrogens is 205 g/mol. The molecule has 1 saturated carbocycles. The number of halogens is 1. The number of rotatable bonds is 3. The normalized spacial score (nSPS) is 20.9. The van der Waals surface area contributed by atoms with E-state index >= 15 is 0 Å². The van der Waals surface area contributed by atoms with Crippen molar-refractivity contribution in [1.29, 1.82) is 0 Å². The van der Waals surface area contributed by atoms with Crippen molar-refractivity contribution in [2.75, 3.05) is 0 Å². The van der Waals surface area contributed by atoms with E-state index in [9.17, 15) is 9.50 Å². The van der Waals surface area contributed by atoms with Crippen LogP contribution in [0.3, 0.4) is 0 Å². The van der Waals surface area contributed by atoms with Gasteiger partial charge in [-0.15, -0.1) is 0 Å². The van der Waals surface area contributed by atoms with Crippen LogP contribution in [0.1, 0.15) is 37.3 Å². The minimum Gasteiger partial charge on any atom is -0.391 e. The van der Waals surface area contributed by atoms with Crippen molar-refractivity contribution in [3.8, 4) is 0 Å². The van der Waals surface area contributed by atoms with Gasteiger partial charge in [-0.25, -0.2) is 4.39 Å². The third-order valence-corrected chi connectivity index (χ3v) is 3.51. The molecule has 1 aromatic carbocycles. The molecule has 1 aliphatic carbocycles. The summed E-state index contributed by atoms with van der Waals surface area (Å²) in [7, 11) is 0. The van der Waals surface area contributed by atoms with Crippen LogP contribution in [0, 0.1) is 11.7 Å². The highest BCUT2D eigenvalue weighted by molar-refractivity contribution is 5.20. The van der Waals surface area contributed by atoms with E-state index in [0.29, 0.717) is 5.92 Å². The van der Waals surface area contributed by atoms with Gasteiger partial charge in [-0.2, -0.15) is 0 Å². The minimum absolute atomic E-state index is 0.272. The van der Waals surface area contributed by atoms with Gasteiger partial charge < -0.3 is 10.8 Å². The Morgan fingerprint density at radius 2 is 1.75 bits per heavy atom. The van der Waals surface area contributed by atoms with E-state index in [-0.39, 0.29) is 5.82 Å². The molecule has 88 valence electrons. The molecule has 1 fully saturated rings. The lowest BCUT2D eigenvalue weighted by Gasteiger charge is -2.24. The molecule has 1 aromatic rings. The summed E-state index contributed by atoms with van der Waals surface area (Å²) in [5.74, 6) is 0.0337. The zero-order chi connectivity index (χ0) is 11.5. The molecule has 0 saturated heterocycles. The summed E-state index contributed by atoms with van der Waals surface area (Å²) >= 11 is 0. The van der Waals surface area contributed by atoms with Crippen LogP contribution < -0.4 is 5.73 Å². The second-order valence-electron chi connectivity index (χ2n) is 4.61.